The fourth-order valence-electron chi connectivity index (χ4n) is 3.32. The van der Waals surface area contributed by atoms with E-state index in [1.54, 1.807) is 12.1 Å². The van der Waals surface area contributed by atoms with Gasteiger partial charge < -0.3 is 24.5 Å². The molecule has 198 valence electrons. The monoisotopic (exact) mass is 533 g/mol. The maximum atomic E-state index is 13.5. The van der Waals surface area contributed by atoms with Gasteiger partial charge in [0.1, 0.15) is 5.75 Å². The Hall–Kier alpha value is -5.02. The Morgan fingerprint density at radius 2 is 1.76 bits per heavy atom. The van der Waals surface area contributed by atoms with Gasteiger partial charge in [0, 0.05) is 25.2 Å². The minimum atomic E-state index is -4.72. The van der Waals surface area contributed by atoms with Gasteiger partial charge >= 0.3 is 18.0 Å². The van der Waals surface area contributed by atoms with Crippen molar-refractivity contribution in [3.8, 4) is 5.75 Å². The van der Waals surface area contributed by atoms with E-state index in [-0.39, 0.29) is 48.0 Å². The molecular formula is C22H18F3N7O6. The molecule has 13 nitrogen and oxygen atoms in total. The quantitative estimate of drug-likeness (QED) is 0.177. The van der Waals surface area contributed by atoms with Gasteiger partial charge in [-0.15, -0.1) is 0 Å². The summed E-state index contributed by atoms with van der Waals surface area (Å²) in [4.78, 5) is 41.7. The van der Waals surface area contributed by atoms with Crippen LogP contribution in [0, 0.1) is 10.1 Å². The van der Waals surface area contributed by atoms with Gasteiger partial charge in [-0.05, 0) is 24.3 Å². The minimum Gasteiger partial charge on any atom is -0.484 e. The van der Waals surface area contributed by atoms with Crippen molar-refractivity contribution >= 4 is 28.5 Å². The van der Waals surface area contributed by atoms with Crippen LogP contribution in [0.3, 0.4) is 0 Å². The highest BCUT2D eigenvalue weighted by atomic mass is 19.4. The number of nitro benzene ring substituents is 1. The van der Waals surface area contributed by atoms with E-state index in [0.717, 1.165) is 4.57 Å². The molecule has 4 aromatic rings. The van der Waals surface area contributed by atoms with Gasteiger partial charge in [-0.3, -0.25) is 19.7 Å². The third-order valence-corrected chi connectivity index (χ3v) is 5.02. The number of rotatable bonds is 10. The van der Waals surface area contributed by atoms with Crippen molar-refractivity contribution in [2.24, 2.45) is 0 Å². The first-order valence-electron chi connectivity index (χ1n) is 10.9. The van der Waals surface area contributed by atoms with E-state index in [2.05, 4.69) is 25.8 Å². The fourth-order valence-corrected chi connectivity index (χ4v) is 3.32. The zero-order valence-corrected chi connectivity index (χ0v) is 19.3. The molecule has 2 aromatic heterocycles. The summed E-state index contributed by atoms with van der Waals surface area (Å²) in [6.07, 6.45) is -4.72. The SMILES string of the molecule is O=C(COc1ccc([N+](=O)[O-])cc1)NCCNC(=O)c1nc(Cn2c(C(F)(F)F)nc3ccccc32)no1. The lowest BCUT2D eigenvalue weighted by molar-refractivity contribution is -0.384. The number of benzene rings is 2. The molecule has 0 radical (unpaired) electrons. The highest BCUT2D eigenvalue weighted by Crippen LogP contribution is 2.31. The second kappa shape index (κ2) is 10.9. The molecule has 0 saturated heterocycles. The zero-order valence-electron chi connectivity index (χ0n) is 19.3. The van der Waals surface area contributed by atoms with Crippen molar-refractivity contribution in [1.29, 1.82) is 0 Å². The number of hydrogen-bond donors (Lipinski definition) is 2. The summed E-state index contributed by atoms with van der Waals surface area (Å²) in [7, 11) is 0. The fraction of sp³-hybridized carbons (Fsp3) is 0.227. The van der Waals surface area contributed by atoms with Crippen molar-refractivity contribution in [3.05, 3.63) is 76.2 Å². The summed E-state index contributed by atoms with van der Waals surface area (Å²) < 4.78 is 51.3. The number of aromatic nitrogens is 4. The van der Waals surface area contributed by atoms with Crippen LogP contribution >= 0.6 is 0 Å². The number of imidazole rings is 1. The molecule has 2 N–H and O–H groups in total. The molecular weight excluding hydrogens is 515 g/mol. The summed E-state index contributed by atoms with van der Waals surface area (Å²) >= 11 is 0. The number of hydrogen-bond acceptors (Lipinski definition) is 9. The molecule has 0 atom stereocenters. The van der Waals surface area contributed by atoms with E-state index in [1.807, 2.05) is 0 Å². The molecule has 38 heavy (non-hydrogen) atoms. The van der Waals surface area contributed by atoms with Crippen LogP contribution < -0.4 is 15.4 Å². The van der Waals surface area contributed by atoms with E-state index >= 15 is 0 Å². The molecule has 0 aliphatic carbocycles. The number of carbonyl (C=O) groups excluding carboxylic acids is 2. The van der Waals surface area contributed by atoms with Crippen molar-refractivity contribution in [2.75, 3.05) is 19.7 Å². The average Bonchev–Trinajstić information content (AvgIpc) is 3.51. The first kappa shape index (κ1) is 26.1. The predicted molar refractivity (Wildman–Crippen MR) is 122 cm³/mol. The molecule has 16 heteroatoms. The topological polar surface area (TPSA) is 167 Å². The number of amides is 2. The lowest BCUT2D eigenvalue weighted by Gasteiger charge is -2.09. The first-order valence-corrected chi connectivity index (χ1v) is 10.9. The summed E-state index contributed by atoms with van der Waals surface area (Å²) in [5, 5.41) is 19.1. The highest BCUT2D eigenvalue weighted by molar-refractivity contribution is 5.89. The van der Waals surface area contributed by atoms with Crippen molar-refractivity contribution in [2.45, 2.75) is 12.7 Å². The van der Waals surface area contributed by atoms with Crippen LogP contribution in [-0.2, 0) is 17.5 Å². The largest absolute Gasteiger partial charge is 0.484 e. The molecule has 4 rings (SSSR count). The van der Waals surface area contributed by atoms with E-state index in [0.29, 0.717) is 0 Å². The Balaban J connectivity index is 1.25. The van der Waals surface area contributed by atoms with Gasteiger partial charge in [0.2, 0.25) is 5.82 Å². The number of carbonyl (C=O) groups is 2. The molecule has 0 spiro atoms. The highest BCUT2D eigenvalue weighted by Gasteiger charge is 2.38. The van der Waals surface area contributed by atoms with Gasteiger partial charge in [0.05, 0.1) is 22.5 Å². The van der Waals surface area contributed by atoms with Gasteiger partial charge in [-0.2, -0.15) is 18.2 Å². The smallest absolute Gasteiger partial charge is 0.449 e. The number of alkyl halides is 3. The number of ether oxygens (including phenoxy) is 1. The van der Waals surface area contributed by atoms with Crippen LogP contribution in [0.2, 0.25) is 0 Å². The lowest BCUT2D eigenvalue weighted by Crippen LogP contribution is -2.36. The number of nitrogens with one attached hydrogen (secondary N) is 2. The molecule has 0 unspecified atom stereocenters. The van der Waals surface area contributed by atoms with Gasteiger partial charge in [0.25, 0.3) is 11.6 Å². The van der Waals surface area contributed by atoms with Crippen molar-refractivity contribution in [3.63, 3.8) is 0 Å². The normalized spacial score (nSPS) is 11.3. The Morgan fingerprint density at radius 3 is 2.47 bits per heavy atom. The summed E-state index contributed by atoms with van der Waals surface area (Å²) in [5.41, 5.74) is 0.234. The van der Waals surface area contributed by atoms with Crippen LogP contribution in [0.15, 0.2) is 53.1 Å². The van der Waals surface area contributed by atoms with Crippen LogP contribution in [-0.4, -0.2) is 56.1 Å². The van der Waals surface area contributed by atoms with E-state index in [1.165, 1.54) is 36.4 Å². The van der Waals surface area contributed by atoms with Crippen molar-refractivity contribution in [1.82, 2.24) is 30.3 Å². The van der Waals surface area contributed by atoms with Gasteiger partial charge in [0.15, 0.2) is 12.4 Å². The Kier molecular flexibility index (Phi) is 7.50. The predicted octanol–water partition coefficient (Wildman–Crippen LogP) is 2.32. The number of fused-ring (bicyclic) bond motifs is 1. The number of nitrogens with zero attached hydrogens (tertiary/aromatic N) is 5. The first-order chi connectivity index (χ1) is 18.1. The van der Waals surface area contributed by atoms with Crippen LogP contribution in [0.5, 0.6) is 5.75 Å². The van der Waals surface area contributed by atoms with E-state index < -0.39 is 41.2 Å². The molecule has 2 heterocycles. The summed E-state index contributed by atoms with van der Waals surface area (Å²) in [6.45, 7) is -0.798. The molecule has 2 aromatic carbocycles. The minimum absolute atomic E-state index is 0.0190. The summed E-state index contributed by atoms with van der Waals surface area (Å²) in [5.74, 6) is -2.80. The number of halogens is 3. The van der Waals surface area contributed by atoms with Gasteiger partial charge in [-0.1, -0.05) is 17.3 Å². The molecule has 0 fully saturated rings. The lowest BCUT2D eigenvalue weighted by atomic mass is 10.3. The molecule has 0 aliphatic rings. The number of non-ortho nitro benzene ring substituents is 1. The molecule has 0 aliphatic heterocycles. The standard InChI is InChI=1S/C22H18F3N7O6/c23-22(24,25)21-28-15-3-1-2-4-16(15)31(21)11-17-29-20(38-30-17)19(34)27-10-9-26-18(33)12-37-14-7-5-13(6-8-14)32(35)36/h1-8H,9-12H2,(H,26,33)(H,27,34). The number of nitro groups is 1. The van der Waals surface area contributed by atoms with E-state index in [9.17, 15) is 32.9 Å². The molecule has 0 saturated carbocycles. The maximum Gasteiger partial charge on any atom is 0.449 e. The zero-order chi connectivity index (χ0) is 27.3. The Morgan fingerprint density at radius 1 is 1.05 bits per heavy atom. The molecule has 2 amide bonds. The van der Waals surface area contributed by atoms with Crippen LogP contribution in [0.1, 0.15) is 22.3 Å². The second-order valence-electron chi connectivity index (χ2n) is 7.67. The second-order valence-corrected chi connectivity index (χ2v) is 7.67. The Bertz CT molecular complexity index is 1470. The van der Waals surface area contributed by atoms with E-state index in [4.69, 9.17) is 9.26 Å². The Labute approximate surface area is 210 Å². The molecule has 0 bridgehead atoms. The van der Waals surface area contributed by atoms with Crippen molar-refractivity contribution < 1.29 is 36.9 Å². The van der Waals surface area contributed by atoms with Crippen LogP contribution in [0.25, 0.3) is 11.0 Å². The third kappa shape index (κ3) is 6.21. The third-order valence-electron chi connectivity index (χ3n) is 5.02. The average molecular weight is 533 g/mol. The summed E-state index contributed by atoms with van der Waals surface area (Å²) in [6, 6.07) is 11.2. The van der Waals surface area contributed by atoms with Crippen LogP contribution in [0.4, 0.5) is 18.9 Å². The maximum absolute atomic E-state index is 13.5. The van der Waals surface area contributed by atoms with Gasteiger partial charge in [-0.25, -0.2) is 4.98 Å². The number of para-hydroxylation sites is 2.